The summed E-state index contributed by atoms with van der Waals surface area (Å²) in [5.74, 6) is 2.10. The minimum Gasteiger partial charge on any atom is -0.495 e. The number of nitrogens with zero attached hydrogens (tertiary/aromatic N) is 4. The summed E-state index contributed by atoms with van der Waals surface area (Å²) in [5, 5.41) is 4.47. The number of oxime groups is 1. The van der Waals surface area contributed by atoms with E-state index in [0.29, 0.717) is 18.1 Å². The molecule has 0 radical (unpaired) electrons. The summed E-state index contributed by atoms with van der Waals surface area (Å²) in [7, 11) is 1.67. The smallest absolute Gasteiger partial charge is 0.234 e. The number of aromatic nitrogens is 2. The first-order valence-electron chi connectivity index (χ1n) is 11.4. The Hall–Kier alpha value is -3.74. The Kier molecular flexibility index (Phi) is 5.15. The van der Waals surface area contributed by atoms with Gasteiger partial charge in [-0.3, -0.25) is 0 Å². The van der Waals surface area contributed by atoms with Crippen LogP contribution in [-0.2, 0) is 15.3 Å². The van der Waals surface area contributed by atoms with E-state index < -0.39 is 11.3 Å². The van der Waals surface area contributed by atoms with Gasteiger partial charge in [-0.05, 0) is 51.5 Å². The molecule has 0 spiro atoms. The number of hydrogen-bond acceptors (Lipinski definition) is 6. The average Bonchev–Trinajstić information content (AvgIpc) is 3.37. The number of hydrogen-bond donors (Lipinski definition) is 0. The van der Waals surface area contributed by atoms with E-state index >= 15 is 0 Å². The second-order valence-electron chi connectivity index (χ2n) is 9.67. The molecular weight excluding hydrogens is 428 g/mol. The van der Waals surface area contributed by atoms with Gasteiger partial charge < -0.3 is 23.8 Å². The standard InChI is InChI=1S/C27H30N4O3/c1-18-7-10-21(11-8-18)27(5)31-16-26(3,4)33-24(25(31)29-34-27)14-20-9-12-22(23(13-20)32-6)30-15-19(2)28-17-30/h7-15,17H,16H2,1-6H3/b24-14-. The third kappa shape index (κ3) is 3.81. The molecule has 2 aliphatic rings. The van der Waals surface area contributed by atoms with Gasteiger partial charge in [0.05, 0.1) is 31.4 Å². The van der Waals surface area contributed by atoms with Gasteiger partial charge in [0.25, 0.3) is 0 Å². The molecule has 7 heteroatoms. The first-order chi connectivity index (χ1) is 16.2. The van der Waals surface area contributed by atoms with Gasteiger partial charge in [-0.2, -0.15) is 0 Å². The number of ether oxygens (including phenoxy) is 2. The van der Waals surface area contributed by atoms with Crippen molar-refractivity contribution in [1.29, 1.82) is 0 Å². The highest BCUT2D eigenvalue weighted by Gasteiger charge is 2.50. The van der Waals surface area contributed by atoms with Crippen molar-refractivity contribution in [3.05, 3.63) is 83.1 Å². The number of amidine groups is 1. The van der Waals surface area contributed by atoms with Crippen LogP contribution in [0, 0.1) is 13.8 Å². The number of rotatable bonds is 4. The molecule has 2 aliphatic heterocycles. The molecule has 1 aromatic heterocycles. The molecule has 0 N–H and O–H groups in total. The number of morpholine rings is 1. The molecule has 176 valence electrons. The Bertz CT molecular complexity index is 1290. The van der Waals surface area contributed by atoms with Crippen LogP contribution >= 0.6 is 0 Å². The maximum absolute atomic E-state index is 6.38. The van der Waals surface area contributed by atoms with Crippen LogP contribution in [0.2, 0.25) is 0 Å². The van der Waals surface area contributed by atoms with E-state index in [-0.39, 0.29) is 0 Å². The largest absolute Gasteiger partial charge is 0.495 e. The number of benzene rings is 2. The fraction of sp³-hybridized carbons (Fsp3) is 0.333. The lowest BCUT2D eigenvalue weighted by atomic mass is 9.97. The zero-order valence-corrected chi connectivity index (χ0v) is 20.5. The summed E-state index contributed by atoms with van der Waals surface area (Å²) in [6.45, 7) is 10.9. The van der Waals surface area contributed by atoms with E-state index in [2.05, 4.69) is 67.0 Å². The van der Waals surface area contributed by atoms with E-state index in [1.54, 1.807) is 13.4 Å². The Balaban J connectivity index is 1.51. The first kappa shape index (κ1) is 22.1. The van der Waals surface area contributed by atoms with Crippen molar-refractivity contribution in [1.82, 2.24) is 14.5 Å². The molecule has 1 unspecified atom stereocenters. The van der Waals surface area contributed by atoms with Crippen molar-refractivity contribution in [3.63, 3.8) is 0 Å². The van der Waals surface area contributed by atoms with Crippen molar-refractivity contribution >= 4 is 11.9 Å². The van der Waals surface area contributed by atoms with E-state index in [4.69, 9.17) is 14.3 Å². The summed E-state index contributed by atoms with van der Waals surface area (Å²) in [5.41, 5.74) is 3.93. The minimum atomic E-state index is -0.704. The number of methoxy groups -OCH3 is 1. The second kappa shape index (κ2) is 7.94. The van der Waals surface area contributed by atoms with Crippen LogP contribution in [0.25, 0.3) is 11.8 Å². The second-order valence-corrected chi connectivity index (χ2v) is 9.67. The highest BCUT2D eigenvalue weighted by Crippen LogP contribution is 2.42. The molecule has 0 amide bonds. The zero-order valence-electron chi connectivity index (χ0n) is 20.5. The van der Waals surface area contributed by atoms with Crippen molar-refractivity contribution < 1.29 is 14.3 Å². The molecular formula is C27H30N4O3. The molecule has 3 aromatic rings. The fourth-order valence-corrected chi connectivity index (χ4v) is 4.46. The Morgan fingerprint density at radius 1 is 1.06 bits per heavy atom. The lowest BCUT2D eigenvalue weighted by molar-refractivity contribution is -0.118. The topological polar surface area (TPSA) is 61.1 Å². The average molecular weight is 459 g/mol. The third-order valence-corrected chi connectivity index (χ3v) is 6.30. The van der Waals surface area contributed by atoms with Crippen molar-refractivity contribution in [2.45, 2.75) is 45.9 Å². The molecule has 0 aliphatic carbocycles. The lowest BCUT2D eigenvalue weighted by Crippen LogP contribution is -2.55. The van der Waals surface area contributed by atoms with E-state index in [1.807, 2.05) is 42.0 Å². The maximum Gasteiger partial charge on any atom is 0.234 e. The SMILES string of the molecule is COc1cc(/C=C2\OC(C)(C)CN3C2=NOC3(C)c2ccc(C)cc2)ccc1-n1cnc(C)c1. The molecule has 2 aromatic carbocycles. The van der Waals surface area contributed by atoms with Crippen LogP contribution in [0.4, 0.5) is 0 Å². The van der Waals surface area contributed by atoms with E-state index in [9.17, 15) is 0 Å². The monoisotopic (exact) mass is 458 g/mol. The molecule has 1 fully saturated rings. The molecule has 1 saturated heterocycles. The Morgan fingerprint density at radius 2 is 1.82 bits per heavy atom. The summed E-state index contributed by atoms with van der Waals surface area (Å²) < 4.78 is 14.0. The summed E-state index contributed by atoms with van der Waals surface area (Å²) in [6.07, 6.45) is 5.74. The molecule has 7 nitrogen and oxygen atoms in total. The van der Waals surface area contributed by atoms with Crippen LogP contribution in [-0.4, -0.2) is 39.5 Å². The minimum absolute atomic E-state index is 0.428. The van der Waals surface area contributed by atoms with Crippen molar-refractivity contribution in [3.8, 4) is 11.4 Å². The maximum atomic E-state index is 6.38. The normalized spacial score (nSPS) is 22.1. The fourth-order valence-electron chi connectivity index (χ4n) is 4.46. The van der Waals surface area contributed by atoms with Gasteiger partial charge in [0.2, 0.25) is 11.6 Å². The summed E-state index contributed by atoms with van der Waals surface area (Å²) in [4.78, 5) is 12.6. The third-order valence-electron chi connectivity index (χ3n) is 6.30. The molecule has 0 bridgehead atoms. The molecule has 3 heterocycles. The Morgan fingerprint density at radius 3 is 2.50 bits per heavy atom. The quantitative estimate of drug-likeness (QED) is 0.540. The highest BCUT2D eigenvalue weighted by atomic mass is 16.7. The van der Waals surface area contributed by atoms with Gasteiger partial charge in [-0.25, -0.2) is 4.98 Å². The van der Waals surface area contributed by atoms with Crippen LogP contribution in [0.3, 0.4) is 0 Å². The summed E-state index contributed by atoms with van der Waals surface area (Å²) >= 11 is 0. The van der Waals surface area contributed by atoms with Gasteiger partial charge in [-0.15, -0.1) is 0 Å². The van der Waals surface area contributed by atoms with Gasteiger partial charge in [-0.1, -0.05) is 41.1 Å². The van der Waals surface area contributed by atoms with Gasteiger partial charge in [0, 0.05) is 18.7 Å². The molecule has 34 heavy (non-hydrogen) atoms. The predicted molar refractivity (Wildman–Crippen MR) is 132 cm³/mol. The Labute approximate surface area is 200 Å². The van der Waals surface area contributed by atoms with Crippen LogP contribution in [0.5, 0.6) is 5.75 Å². The van der Waals surface area contributed by atoms with Crippen LogP contribution in [0.15, 0.2) is 65.9 Å². The molecule has 1 atom stereocenters. The van der Waals surface area contributed by atoms with Crippen LogP contribution in [0.1, 0.15) is 43.2 Å². The number of fused-ring (bicyclic) bond motifs is 1. The van der Waals surface area contributed by atoms with Crippen LogP contribution < -0.4 is 4.74 Å². The number of aryl methyl sites for hydroxylation is 2. The van der Waals surface area contributed by atoms with Crippen molar-refractivity contribution in [2.24, 2.45) is 5.16 Å². The highest BCUT2D eigenvalue weighted by molar-refractivity contribution is 6.01. The van der Waals surface area contributed by atoms with Gasteiger partial charge >= 0.3 is 0 Å². The molecule has 5 rings (SSSR count). The zero-order chi connectivity index (χ0) is 24.1. The van der Waals surface area contributed by atoms with E-state index in [0.717, 1.165) is 28.3 Å². The number of imidazole rings is 1. The first-order valence-corrected chi connectivity index (χ1v) is 11.4. The van der Waals surface area contributed by atoms with Crippen molar-refractivity contribution in [2.75, 3.05) is 13.7 Å². The van der Waals surface area contributed by atoms with Gasteiger partial charge in [0.1, 0.15) is 11.4 Å². The molecule has 0 saturated carbocycles. The lowest BCUT2D eigenvalue weighted by Gasteiger charge is -2.44. The predicted octanol–water partition coefficient (Wildman–Crippen LogP) is 5.17. The van der Waals surface area contributed by atoms with Gasteiger partial charge in [0.15, 0.2) is 5.76 Å². The van der Waals surface area contributed by atoms with E-state index in [1.165, 1.54) is 5.56 Å². The summed E-state index contributed by atoms with van der Waals surface area (Å²) in [6, 6.07) is 14.4.